The molecule has 0 aliphatic heterocycles. The predicted molar refractivity (Wildman–Crippen MR) is 50.5 cm³/mol. The summed E-state index contributed by atoms with van der Waals surface area (Å²) >= 11 is 0. The Hall–Kier alpha value is -0.370. The van der Waals surface area contributed by atoms with Gasteiger partial charge in [-0.15, -0.1) is 0 Å². The monoisotopic (exact) mass is 166 g/mol. The van der Waals surface area contributed by atoms with E-state index in [1.54, 1.807) is 0 Å². The third-order valence-electron chi connectivity index (χ3n) is 3.92. The highest BCUT2D eigenvalue weighted by atomic mass is 14.8. The van der Waals surface area contributed by atoms with Gasteiger partial charge in [-0.05, 0) is 39.0 Å². The molecule has 2 fully saturated rings. The molecule has 2 nitrogen and oxygen atoms in total. The molecule has 2 saturated carbocycles. The van der Waals surface area contributed by atoms with Crippen LogP contribution in [0.2, 0.25) is 0 Å². The quantitative estimate of drug-likeness (QED) is 0.576. The van der Waals surface area contributed by atoms with Crippen LogP contribution in [0, 0.1) is 10.8 Å². The molecule has 0 aromatic heterocycles. The Bertz CT molecular complexity index is 224. The highest BCUT2D eigenvalue weighted by Gasteiger charge is 2.49. The van der Waals surface area contributed by atoms with Gasteiger partial charge in [-0.25, -0.2) is 0 Å². The lowest BCUT2D eigenvalue weighted by atomic mass is 9.71. The fourth-order valence-corrected chi connectivity index (χ4v) is 3.05. The Morgan fingerprint density at radius 1 is 1.25 bits per heavy atom. The van der Waals surface area contributed by atoms with Crippen LogP contribution in [0.4, 0.5) is 0 Å². The van der Waals surface area contributed by atoms with Gasteiger partial charge in [0.1, 0.15) is 0 Å². The molecule has 2 aliphatic rings. The fourth-order valence-electron chi connectivity index (χ4n) is 3.05. The van der Waals surface area contributed by atoms with E-state index in [1.165, 1.54) is 25.7 Å². The first-order valence-electron chi connectivity index (χ1n) is 4.91. The van der Waals surface area contributed by atoms with Crippen molar-refractivity contribution in [2.45, 2.75) is 51.0 Å². The van der Waals surface area contributed by atoms with Crippen LogP contribution in [-0.4, -0.2) is 11.3 Å². The van der Waals surface area contributed by atoms with Crippen LogP contribution in [0.15, 0.2) is 0 Å². The largest absolute Gasteiger partial charge is 0.325 e. The number of hydrogen-bond donors (Lipinski definition) is 2. The van der Waals surface area contributed by atoms with Gasteiger partial charge in [-0.2, -0.15) is 0 Å². The zero-order valence-corrected chi connectivity index (χ0v) is 7.82. The van der Waals surface area contributed by atoms with Crippen LogP contribution < -0.4 is 5.73 Å². The smallest absolute Gasteiger partial charge is 0.0163 e. The molecule has 0 saturated heterocycles. The maximum atomic E-state index is 7.79. The first kappa shape index (κ1) is 8.24. The number of hydrogen-bond acceptors (Lipinski definition) is 2. The summed E-state index contributed by atoms with van der Waals surface area (Å²) < 4.78 is 0. The SMILES string of the molecule is CC(=N)C12CCCC(N)(CC1)C2. The number of rotatable bonds is 1. The van der Waals surface area contributed by atoms with E-state index in [4.69, 9.17) is 11.1 Å². The summed E-state index contributed by atoms with van der Waals surface area (Å²) in [4.78, 5) is 0. The van der Waals surface area contributed by atoms with Crippen molar-refractivity contribution in [2.24, 2.45) is 11.1 Å². The maximum Gasteiger partial charge on any atom is 0.0163 e. The molecule has 12 heavy (non-hydrogen) atoms. The van der Waals surface area contributed by atoms with Crippen LogP contribution in [0.25, 0.3) is 0 Å². The highest BCUT2D eigenvalue weighted by molar-refractivity contribution is 5.85. The Labute approximate surface area is 74.0 Å². The first-order chi connectivity index (χ1) is 5.56. The normalized spacial score (nSPS) is 46.2. The van der Waals surface area contributed by atoms with E-state index in [2.05, 4.69) is 0 Å². The van der Waals surface area contributed by atoms with Crippen LogP contribution in [0.5, 0.6) is 0 Å². The molecule has 2 aliphatic carbocycles. The lowest BCUT2D eigenvalue weighted by Crippen LogP contribution is -2.42. The standard InChI is InChI=1S/C10H18N2/c1-8(11)9-3-2-4-10(12,7-9)6-5-9/h11H,2-7,12H2,1H3. The third-order valence-corrected chi connectivity index (χ3v) is 3.92. The molecular formula is C10H18N2. The Kier molecular flexibility index (Phi) is 1.59. The lowest BCUT2D eigenvalue weighted by molar-refractivity contribution is 0.264. The average molecular weight is 166 g/mol. The van der Waals surface area contributed by atoms with Gasteiger partial charge in [0.15, 0.2) is 0 Å². The van der Waals surface area contributed by atoms with Crippen LogP contribution in [-0.2, 0) is 0 Å². The lowest BCUT2D eigenvalue weighted by Gasteiger charge is -2.36. The number of nitrogens with two attached hydrogens (primary N) is 1. The fraction of sp³-hybridized carbons (Fsp3) is 0.900. The molecule has 68 valence electrons. The Morgan fingerprint density at radius 2 is 2.00 bits per heavy atom. The van der Waals surface area contributed by atoms with Crippen molar-refractivity contribution in [3.63, 3.8) is 0 Å². The minimum absolute atomic E-state index is 0.0978. The molecule has 0 spiro atoms. The van der Waals surface area contributed by atoms with Gasteiger partial charge in [-0.3, -0.25) is 0 Å². The molecule has 0 amide bonds. The van der Waals surface area contributed by atoms with Crippen molar-refractivity contribution in [3.05, 3.63) is 0 Å². The second-order valence-electron chi connectivity index (χ2n) is 4.80. The van der Waals surface area contributed by atoms with Gasteiger partial charge in [0.2, 0.25) is 0 Å². The van der Waals surface area contributed by atoms with Crippen LogP contribution >= 0.6 is 0 Å². The van der Waals surface area contributed by atoms with E-state index in [0.29, 0.717) is 0 Å². The highest BCUT2D eigenvalue weighted by Crippen LogP contribution is 2.52. The molecule has 2 bridgehead atoms. The minimum atomic E-state index is 0.0978. The Morgan fingerprint density at radius 3 is 2.58 bits per heavy atom. The van der Waals surface area contributed by atoms with Crippen molar-refractivity contribution in [3.8, 4) is 0 Å². The Balaban J connectivity index is 2.25. The van der Waals surface area contributed by atoms with E-state index in [0.717, 1.165) is 18.6 Å². The second kappa shape index (κ2) is 2.32. The summed E-state index contributed by atoms with van der Waals surface area (Å²) in [5.41, 5.74) is 7.41. The van der Waals surface area contributed by atoms with Crippen molar-refractivity contribution in [2.75, 3.05) is 0 Å². The van der Waals surface area contributed by atoms with E-state index in [-0.39, 0.29) is 11.0 Å². The van der Waals surface area contributed by atoms with Gasteiger partial charge < -0.3 is 11.1 Å². The third kappa shape index (κ3) is 1.01. The zero-order valence-electron chi connectivity index (χ0n) is 7.82. The molecular weight excluding hydrogens is 148 g/mol. The molecule has 2 rings (SSSR count). The molecule has 2 atom stereocenters. The summed E-state index contributed by atoms with van der Waals surface area (Å²) in [6.07, 6.45) is 7.01. The summed E-state index contributed by atoms with van der Waals surface area (Å²) in [7, 11) is 0. The molecule has 0 heterocycles. The molecule has 2 unspecified atom stereocenters. The van der Waals surface area contributed by atoms with Crippen molar-refractivity contribution >= 4 is 5.71 Å². The topological polar surface area (TPSA) is 49.9 Å². The molecule has 2 heteroatoms. The van der Waals surface area contributed by atoms with Gasteiger partial charge in [0.25, 0.3) is 0 Å². The van der Waals surface area contributed by atoms with Crippen molar-refractivity contribution < 1.29 is 0 Å². The van der Waals surface area contributed by atoms with E-state index < -0.39 is 0 Å². The zero-order chi connectivity index (χ0) is 8.82. The van der Waals surface area contributed by atoms with E-state index in [1.807, 2.05) is 6.92 Å². The number of fused-ring (bicyclic) bond motifs is 2. The van der Waals surface area contributed by atoms with Gasteiger partial charge in [-0.1, -0.05) is 6.42 Å². The summed E-state index contributed by atoms with van der Waals surface area (Å²) in [5, 5.41) is 7.79. The predicted octanol–water partition coefficient (Wildman–Crippen LogP) is 2.08. The van der Waals surface area contributed by atoms with Crippen molar-refractivity contribution in [1.29, 1.82) is 5.41 Å². The average Bonchev–Trinajstić information content (AvgIpc) is 2.24. The summed E-state index contributed by atoms with van der Waals surface area (Å²) in [6.45, 7) is 1.96. The van der Waals surface area contributed by atoms with Gasteiger partial charge in [0, 0.05) is 16.7 Å². The maximum absolute atomic E-state index is 7.79. The van der Waals surface area contributed by atoms with Crippen LogP contribution in [0.1, 0.15) is 45.4 Å². The van der Waals surface area contributed by atoms with E-state index in [9.17, 15) is 0 Å². The van der Waals surface area contributed by atoms with Crippen molar-refractivity contribution in [1.82, 2.24) is 0 Å². The molecule has 0 aromatic rings. The molecule has 3 N–H and O–H groups in total. The minimum Gasteiger partial charge on any atom is -0.325 e. The molecule has 0 aromatic carbocycles. The van der Waals surface area contributed by atoms with Gasteiger partial charge in [0.05, 0.1) is 0 Å². The summed E-state index contributed by atoms with van der Waals surface area (Å²) in [6, 6.07) is 0. The van der Waals surface area contributed by atoms with Crippen LogP contribution in [0.3, 0.4) is 0 Å². The van der Waals surface area contributed by atoms with Gasteiger partial charge >= 0.3 is 0 Å². The summed E-state index contributed by atoms with van der Waals surface area (Å²) in [5.74, 6) is 0. The second-order valence-corrected chi connectivity index (χ2v) is 4.80. The number of nitrogens with one attached hydrogen (secondary N) is 1. The van der Waals surface area contributed by atoms with E-state index >= 15 is 0 Å². The molecule has 0 radical (unpaired) electrons. The first-order valence-corrected chi connectivity index (χ1v) is 4.91.